The van der Waals surface area contributed by atoms with Crippen molar-refractivity contribution in [1.82, 2.24) is 14.8 Å². The van der Waals surface area contributed by atoms with Crippen LogP contribution in [-0.4, -0.2) is 14.8 Å². The largest absolute Gasteiger partial charge is 0.326 e. The van der Waals surface area contributed by atoms with Gasteiger partial charge in [-0.15, -0.1) is 0 Å². The molecule has 3 rings (SSSR count). The number of aromatic nitrogens is 3. The number of nitrogens with two attached hydrogens (primary N) is 1. The van der Waals surface area contributed by atoms with Gasteiger partial charge in [-0.25, -0.2) is 9.67 Å². The quantitative estimate of drug-likeness (QED) is 0.791. The molecule has 4 heteroatoms. The molecular formula is C16H16N4. The van der Waals surface area contributed by atoms with Gasteiger partial charge < -0.3 is 5.73 Å². The molecule has 1 aromatic carbocycles. The average molecular weight is 264 g/mol. The number of benzene rings is 1. The van der Waals surface area contributed by atoms with Crippen LogP contribution in [0.1, 0.15) is 11.1 Å². The first-order chi connectivity index (χ1) is 9.78. The SMILES string of the molecule is Cc1cc(CN)cnc1-n1cc(-c2ccccc2)cn1. The van der Waals surface area contributed by atoms with Gasteiger partial charge >= 0.3 is 0 Å². The Hall–Kier alpha value is -2.46. The van der Waals surface area contributed by atoms with Gasteiger partial charge in [-0.05, 0) is 29.7 Å². The Balaban J connectivity index is 1.98. The number of rotatable bonds is 3. The van der Waals surface area contributed by atoms with Crippen molar-refractivity contribution in [3.8, 4) is 16.9 Å². The van der Waals surface area contributed by atoms with E-state index in [2.05, 4.69) is 22.2 Å². The highest BCUT2D eigenvalue weighted by atomic mass is 15.3. The molecule has 0 saturated carbocycles. The average Bonchev–Trinajstić information content (AvgIpc) is 2.97. The molecular weight excluding hydrogens is 248 g/mol. The van der Waals surface area contributed by atoms with Gasteiger partial charge in [0.05, 0.1) is 6.20 Å². The fourth-order valence-electron chi connectivity index (χ4n) is 2.20. The Morgan fingerprint density at radius 2 is 1.90 bits per heavy atom. The minimum atomic E-state index is 0.502. The lowest BCUT2D eigenvalue weighted by Crippen LogP contribution is -2.04. The number of aryl methyl sites for hydroxylation is 1. The van der Waals surface area contributed by atoms with Crippen LogP contribution in [0.5, 0.6) is 0 Å². The first-order valence-corrected chi connectivity index (χ1v) is 6.54. The lowest BCUT2D eigenvalue weighted by atomic mass is 10.1. The zero-order valence-electron chi connectivity index (χ0n) is 11.3. The molecule has 0 aliphatic carbocycles. The minimum absolute atomic E-state index is 0.502. The molecule has 0 fully saturated rings. The summed E-state index contributed by atoms with van der Waals surface area (Å²) in [7, 11) is 0. The van der Waals surface area contributed by atoms with Crippen molar-refractivity contribution in [2.24, 2.45) is 5.73 Å². The van der Waals surface area contributed by atoms with Crippen LogP contribution in [0.2, 0.25) is 0 Å². The second-order valence-electron chi connectivity index (χ2n) is 4.73. The number of pyridine rings is 1. The summed E-state index contributed by atoms with van der Waals surface area (Å²) in [6.07, 6.45) is 5.65. The molecule has 0 spiro atoms. The fraction of sp³-hybridized carbons (Fsp3) is 0.125. The molecule has 2 heterocycles. The molecule has 2 N–H and O–H groups in total. The molecule has 0 saturated heterocycles. The van der Waals surface area contributed by atoms with E-state index in [4.69, 9.17) is 5.73 Å². The first-order valence-electron chi connectivity index (χ1n) is 6.54. The normalized spacial score (nSPS) is 10.7. The maximum Gasteiger partial charge on any atom is 0.156 e. The maximum atomic E-state index is 5.63. The van der Waals surface area contributed by atoms with Crippen molar-refractivity contribution in [2.75, 3.05) is 0 Å². The first kappa shape index (κ1) is 12.6. The van der Waals surface area contributed by atoms with Crippen molar-refractivity contribution in [3.63, 3.8) is 0 Å². The molecule has 0 atom stereocenters. The lowest BCUT2D eigenvalue weighted by molar-refractivity contribution is 0.833. The summed E-state index contributed by atoms with van der Waals surface area (Å²) in [6.45, 7) is 2.52. The van der Waals surface area contributed by atoms with E-state index in [1.807, 2.05) is 43.6 Å². The second-order valence-corrected chi connectivity index (χ2v) is 4.73. The van der Waals surface area contributed by atoms with Crippen LogP contribution in [-0.2, 0) is 6.54 Å². The Bertz CT molecular complexity index is 716. The second kappa shape index (κ2) is 5.27. The third-order valence-corrected chi connectivity index (χ3v) is 3.25. The summed E-state index contributed by atoms with van der Waals surface area (Å²) < 4.78 is 1.80. The molecule has 0 bridgehead atoms. The van der Waals surface area contributed by atoms with Crippen LogP contribution >= 0.6 is 0 Å². The summed E-state index contributed by atoms with van der Waals surface area (Å²) >= 11 is 0. The van der Waals surface area contributed by atoms with Crippen molar-refractivity contribution < 1.29 is 0 Å². The van der Waals surface area contributed by atoms with Crippen molar-refractivity contribution in [3.05, 3.63) is 66.1 Å². The maximum absolute atomic E-state index is 5.63. The monoisotopic (exact) mass is 264 g/mol. The number of hydrogen-bond acceptors (Lipinski definition) is 3. The fourth-order valence-corrected chi connectivity index (χ4v) is 2.20. The van der Waals surface area contributed by atoms with E-state index in [1.165, 1.54) is 0 Å². The van der Waals surface area contributed by atoms with E-state index in [-0.39, 0.29) is 0 Å². The molecule has 0 unspecified atom stereocenters. The van der Waals surface area contributed by atoms with Crippen molar-refractivity contribution >= 4 is 0 Å². The van der Waals surface area contributed by atoms with E-state index in [0.717, 1.165) is 28.1 Å². The molecule has 3 aromatic rings. The highest BCUT2D eigenvalue weighted by Gasteiger charge is 2.07. The smallest absolute Gasteiger partial charge is 0.156 e. The zero-order valence-corrected chi connectivity index (χ0v) is 11.3. The summed E-state index contributed by atoms with van der Waals surface area (Å²) in [6, 6.07) is 12.2. The highest BCUT2D eigenvalue weighted by Crippen LogP contribution is 2.20. The number of nitrogens with zero attached hydrogens (tertiary/aromatic N) is 3. The predicted molar refractivity (Wildman–Crippen MR) is 79.4 cm³/mol. The molecule has 20 heavy (non-hydrogen) atoms. The minimum Gasteiger partial charge on any atom is -0.326 e. The van der Waals surface area contributed by atoms with E-state index in [0.29, 0.717) is 6.54 Å². The van der Waals surface area contributed by atoms with E-state index < -0.39 is 0 Å². The third-order valence-electron chi connectivity index (χ3n) is 3.25. The molecule has 4 nitrogen and oxygen atoms in total. The van der Waals surface area contributed by atoms with Crippen molar-refractivity contribution in [2.45, 2.75) is 13.5 Å². The molecule has 0 aliphatic heterocycles. The molecule has 2 aromatic heterocycles. The summed E-state index contributed by atoms with van der Waals surface area (Å²) in [5, 5.41) is 4.40. The highest BCUT2D eigenvalue weighted by molar-refractivity contribution is 5.61. The molecule has 0 aliphatic rings. The summed E-state index contributed by atoms with van der Waals surface area (Å²) in [4.78, 5) is 4.45. The van der Waals surface area contributed by atoms with Crippen LogP contribution in [0, 0.1) is 6.92 Å². The van der Waals surface area contributed by atoms with Gasteiger partial charge in [0, 0.05) is 24.5 Å². The van der Waals surface area contributed by atoms with Gasteiger partial charge in [0.2, 0.25) is 0 Å². The van der Waals surface area contributed by atoms with Crippen molar-refractivity contribution in [1.29, 1.82) is 0 Å². The molecule has 100 valence electrons. The van der Waals surface area contributed by atoms with Crippen LogP contribution in [0.3, 0.4) is 0 Å². The molecule has 0 radical (unpaired) electrons. The van der Waals surface area contributed by atoms with E-state index in [1.54, 1.807) is 10.9 Å². The van der Waals surface area contributed by atoms with Crippen LogP contribution in [0.4, 0.5) is 0 Å². The van der Waals surface area contributed by atoms with Gasteiger partial charge in [0.15, 0.2) is 5.82 Å². The van der Waals surface area contributed by atoms with Crippen LogP contribution in [0.15, 0.2) is 55.0 Å². The van der Waals surface area contributed by atoms with Crippen LogP contribution < -0.4 is 5.73 Å². The topological polar surface area (TPSA) is 56.7 Å². The van der Waals surface area contributed by atoms with Crippen LogP contribution in [0.25, 0.3) is 16.9 Å². The third kappa shape index (κ3) is 2.33. The van der Waals surface area contributed by atoms with Gasteiger partial charge in [-0.1, -0.05) is 30.3 Å². The van der Waals surface area contributed by atoms with E-state index >= 15 is 0 Å². The Morgan fingerprint density at radius 1 is 1.10 bits per heavy atom. The molecule has 0 amide bonds. The van der Waals surface area contributed by atoms with Gasteiger partial charge in [0.1, 0.15) is 0 Å². The van der Waals surface area contributed by atoms with Gasteiger partial charge in [-0.3, -0.25) is 0 Å². The summed E-state index contributed by atoms with van der Waals surface area (Å²) in [5.74, 6) is 0.837. The standard InChI is InChI=1S/C16H16N4/c1-12-7-13(8-17)9-18-16(12)20-11-15(10-19-20)14-5-3-2-4-6-14/h2-7,9-11H,8,17H2,1H3. The zero-order chi connectivity index (χ0) is 13.9. The number of hydrogen-bond donors (Lipinski definition) is 1. The summed E-state index contributed by atoms with van der Waals surface area (Å²) in [5.41, 5.74) is 9.95. The Labute approximate surface area is 117 Å². The van der Waals surface area contributed by atoms with Gasteiger partial charge in [-0.2, -0.15) is 5.10 Å². The van der Waals surface area contributed by atoms with Gasteiger partial charge in [0.25, 0.3) is 0 Å². The Kier molecular flexibility index (Phi) is 3.31. The lowest BCUT2D eigenvalue weighted by Gasteiger charge is -2.06. The predicted octanol–water partition coefficient (Wildman–Crippen LogP) is 2.70. The van der Waals surface area contributed by atoms with E-state index in [9.17, 15) is 0 Å². The Morgan fingerprint density at radius 3 is 2.60 bits per heavy atom.